The summed E-state index contributed by atoms with van der Waals surface area (Å²) in [6, 6.07) is 19.8. The van der Waals surface area contributed by atoms with Crippen molar-refractivity contribution in [2.75, 3.05) is 12.4 Å². The van der Waals surface area contributed by atoms with Crippen LogP contribution in [0.4, 0.5) is 5.69 Å². The van der Waals surface area contributed by atoms with E-state index in [-0.39, 0.29) is 5.69 Å². The van der Waals surface area contributed by atoms with E-state index >= 15 is 0 Å². The van der Waals surface area contributed by atoms with Gasteiger partial charge in [-0.15, -0.1) is 0 Å². The van der Waals surface area contributed by atoms with Crippen molar-refractivity contribution in [3.8, 4) is 11.5 Å². The largest absolute Gasteiger partial charge is 0.495 e. The van der Waals surface area contributed by atoms with Crippen LogP contribution in [-0.2, 0) is 9.59 Å². The molecule has 0 fully saturated rings. The van der Waals surface area contributed by atoms with Gasteiger partial charge in [0.1, 0.15) is 11.5 Å². The molecule has 9 heteroatoms. The summed E-state index contributed by atoms with van der Waals surface area (Å²) in [7, 11) is 1.43. The molecule has 0 spiro atoms. The van der Waals surface area contributed by atoms with E-state index in [0.717, 1.165) is 0 Å². The lowest BCUT2D eigenvalue weighted by molar-refractivity contribution is -0.136. The number of amides is 2. The first kappa shape index (κ1) is 23.5. The third-order valence-corrected chi connectivity index (χ3v) is 4.67. The number of hydrogen-bond donors (Lipinski definition) is 2. The van der Waals surface area contributed by atoms with Crippen molar-refractivity contribution in [3.63, 3.8) is 0 Å². The molecule has 0 aliphatic carbocycles. The summed E-state index contributed by atoms with van der Waals surface area (Å²) in [5.41, 5.74) is 4.00. The molecule has 0 unspecified atom stereocenters. The van der Waals surface area contributed by atoms with Crippen molar-refractivity contribution in [2.45, 2.75) is 6.92 Å². The second-order valence-corrected chi connectivity index (χ2v) is 7.15. The maximum Gasteiger partial charge on any atom is 0.343 e. The van der Waals surface area contributed by atoms with E-state index in [2.05, 4.69) is 15.8 Å². The van der Waals surface area contributed by atoms with Crippen LogP contribution in [0.1, 0.15) is 22.8 Å². The van der Waals surface area contributed by atoms with E-state index in [1.54, 1.807) is 67.6 Å². The van der Waals surface area contributed by atoms with Crippen LogP contribution in [-0.4, -0.2) is 30.6 Å². The van der Waals surface area contributed by atoms with Gasteiger partial charge >= 0.3 is 17.8 Å². The Kier molecular flexibility index (Phi) is 7.77. The van der Waals surface area contributed by atoms with Crippen LogP contribution in [0.5, 0.6) is 11.5 Å². The summed E-state index contributed by atoms with van der Waals surface area (Å²) >= 11 is 5.92. The van der Waals surface area contributed by atoms with E-state index in [4.69, 9.17) is 21.1 Å². The van der Waals surface area contributed by atoms with Crippen molar-refractivity contribution < 1.29 is 23.9 Å². The Morgan fingerprint density at radius 2 is 1.58 bits per heavy atom. The molecule has 8 nitrogen and oxygen atoms in total. The molecule has 0 radical (unpaired) electrons. The van der Waals surface area contributed by atoms with Gasteiger partial charge in [0.25, 0.3) is 0 Å². The predicted molar refractivity (Wildman–Crippen MR) is 125 cm³/mol. The second-order valence-electron chi connectivity index (χ2n) is 6.72. The van der Waals surface area contributed by atoms with Gasteiger partial charge in [-0.1, -0.05) is 29.8 Å². The highest BCUT2D eigenvalue weighted by atomic mass is 35.5. The van der Waals surface area contributed by atoms with E-state index in [9.17, 15) is 14.4 Å². The molecule has 0 saturated heterocycles. The normalized spacial score (nSPS) is 10.8. The highest BCUT2D eigenvalue weighted by Gasteiger charge is 2.16. The maximum absolute atomic E-state index is 12.2. The number of esters is 1. The third-order valence-electron chi connectivity index (χ3n) is 4.43. The number of hydrogen-bond acceptors (Lipinski definition) is 6. The van der Waals surface area contributed by atoms with Crippen molar-refractivity contribution in [1.29, 1.82) is 0 Å². The summed E-state index contributed by atoms with van der Waals surface area (Å²) in [5, 5.41) is 6.75. The van der Waals surface area contributed by atoms with Gasteiger partial charge in [-0.2, -0.15) is 5.10 Å². The van der Waals surface area contributed by atoms with Gasteiger partial charge in [0.2, 0.25) is 0 Å². The molecule has 0 saturated carbocycles. The summed E-state index contributed by atoms with van der Waals surface area (Å²) in [5.74, 6) is -1.66. The Hall–Kier alpha value is -4.17. The fraction of sp³-hybridized carbons (Fsp3) is 0.0833. The van der Waals surface area contributed by atoms with Gasteiger partial charge in [-0.25, -0.2) is 10.2 Å². The van der Waals surface area contributed by atoms with Crippen LogP contribution in [0.2, 0.25) is 5.02 Å². The first-order valence-electron chi connectivity index (χ1n) is 9.74. The fourth-order valence-electron chi connectivity index (χ4n) is 2.71. The monoisotopic (exact) mass is 465 g/mol. The molecule has 2 amide bonds. The molecule has 3 aromatic carbocycles. The molecule has 0 aromatic heterocycles. The first-order chi connectivity index (χ1) is 15.9. The smallest absolute Gasteiger partial charge is 0.343 e. The van der Waals surface area contributed by atoms with Crippen molar-refractivity contribution in [2.24, 2.45) is 5.10 Å². The standard InChI is InChI=1S/C24H20ClN3O5/c1-15(16-8-11-19(12-9-16)33-24(31)17-6-4-3-5-7-17)27-28-23(30)22(29)26-20-14-18(25)10-13-21(20)32-2/h3-14H,1-2H3,(H,26,29)(H,28,30)/b27-15+. The minimum absolute atomic E-state index is 0.256. The Labute approximate surface area is 195 Å². The lowest BCUT2D eigenvalue weighted by Crippen LogP contribution is -2.33. The Morgan fingerprint density at radius 3 is 2.24 bits per heavy atom. The van der Waals surface area contributed by atoms with Gasteiger partial charge in [-0.3, -0.25) is 9.59 Å². The van der Waals surface area contributed by atoms with Gasteiger partial charge in [-0.05, 0) is 67.1 Å². The average molecular weight is 466 g/mol. The molecule has 33 heavy (non-hydrogen) atoms. The molecular formula is C24H20ClN3O5. The lowest BCUT2D eigenvalue weighted by Gasteiger charge is -2.10. The molecule has 2 N–H and O–H groups in total. The minimum Gasteiger partial charge on any atom is -0.495 e. The number of nitrogens with one attached hydrogen (secondary N) is 2. The maximum atomic E-state index is 12.2. The predicted octanol–water partition coefficient (Wildman–Crippen LogP) is 4.05. The van der Waals surface area contributed by atoms with Crippen LogP contribution < -0.4 is 20.2 Å². The third kappa shape index (κ3) is 6.41. The van der Waals surface area contributed by atoms with E-state index in [0.29, 0.717) is 33.4 Å². The Balaban J connectivity index is 1.59. The number of halogens is 1. The van der Waals surface area contributed by atoms with Crippen LogP contribution in [0.3, 0.4) is 0 Å². The zero-order chi connectivity index (χ0) is 23.8. The van der Waals surface area contributed by atoms with Crippen LogP contribution >= 0.6 is 11.6 Å². The molecule has 0 heterocycles. The van der Waals surface area contributed by atoms with E-state index in [1.165, 1.54) is 13.2 Å². The minimum atomic E-state index is -0.968. The zero-order valence-corrected chi connectivity index (χ0v) is 18.6. The van der Waals surface area contributed by atoms with Crippen molar-refractivity contribution in [3.05, 3.63) is 88.9 Å². The van der Waals surface area contributed by atoms with Crippen LogP contribution in [0.25, 0.3) is 0 Å². The zero-order valence-electron chi connectivity index (χ0n) is 17.8. The van der Waals surface area contributed by atoms with Crippen molar-refractivity contribution >= 4 is 40.8 Å². The second kappa shape index (κ2) is 10.9. The summed E-state index contributed by atoms with van der Waals surface area (Å²) in [4.78, 5) is 36.4. The lowest BCUT2D eigenvalue weighted by atomic mass is 10.1. The average Bonchev–Trinajstić information content (AvgIpc) is 2.83. The Bertz CT molecular complexity index is 1190. The van der Waals surface area contributed by atoms with Gasteiger partial charge in [0.15, 0.2) is 0 Å². The van der Waals surface area contributed by atoms with Crippen LogP contribution in [0.15, 0.2) is 77.9 Å². The van der Waals surface area contributed by atoms with E-state index in [1.807, 2.05) is 6.07 Å². The number of methoxy groups -OCH3 is 1. The number of hydrazone groups is 1. The highest BCUT2D eigenvalue weighted by Crippen LogP contribution is 2.27. The number of anilines is 1. The summed E-state index contributed by atoms with van der Waals surface area (Å²) in [6.45, 7) is 1.66. The number of ether oxygens (including phenoxy) is 2. The topological polar surface area (TPSA) is 106 Å². The number of rotatable bonds is 6. The molecule has 0 aliphatic rings. The first-order valence-corrected chi connectivity index (χ1v) is 10.1. The highest BCUT2D eigenvalue weighted by molar-refractivity contribution is 6.40. The van der Waals surface area contributed by atoms with Gasteiger partial charge < -0.3 is 14.8 Å². The number of carbonyl (C=O) groups excluding carboxylic acids is 3. The quantitative estimate of drug-likeness (QED) is 0.188. The molecular weight excluding hydrogens is 446 g/mol. The van der Waals surface area contributed by atoms with Crippen LogP contribution in [0, 0.1) is 0 Å². The molecule has 0 atom stereocenters. The summed E-state index contributed by atoms with van der Waals surface area (Å²) in [6.07, 6.45) is 0. The molecule has 3 rings (SSSR count). The molecule has 0 aliphatic heterocycles. The van der Waals surface area contributed by atoms with E-state index < -0.39 is 17.8 Å². The molecule has 168 valence electrons. The van der Waals surface area contributed by atoms with Gasteiger partial charge in [0.05, 0.1) is 24.1 Å². The molecule has 0 bridgehead atoms. The number of benzene rings is 3. The SMILES string of the molecule is COc1ccc(Cl)cc1NC(=O)C(=O)N/N=C(\C)c1ccc(OC(=O)c2ccccc2)cc1. The van der Waals surface area contributed by atoms with Crippen molar-refractivity contribution in [1.82, 2.24) is 5.43 Å². The van der Waals surface area contributed by atoms with Gasteiger partial charge in [0, 0.05) is 5.02 Å². The number of nitrogens with zero attached hydrogens (tertiary/aromatic N) is 1. The molecule has 3 aromatic rings. The number of carbonyl (C=O) groups is 3. The Morgan fingerprint density at radius 1 is 0.879 bits per heavy atom. The summed E-state index contributed by atoms with van der Waals surface area (Å²) < 4.78 is 10.5. The fourth-order valence-corrected chi connectivity index (χ4v) is 2.88.